The molecule has 0 aliphatic heterocycles. The number of halogens is 2. The smallest absolute Gasteiger partial charge is 0.227 e. The summed E-state index contributed by atoms with van der Waals surface area (Å²) in [7, 11) is 7.94. The van der Waals surface area contributed by atoms with E-state index in [2.05, 4.69) is 167 Å². The second-order valence-corrected chi connectivity index (χ2v) is 28.6. The van der Waals surface area contributed by atoms with Crippen molar-refractivity contribution < 1.29 is 52.3 Å². The summed E-state index contributed by atoms with van der Waals surface area (Å²) in [6.07, 6.45) is 9.65. The third kappa shape index (κ3) is 16.1. The van der Waals surface area contributed by atoms with Gasteiger partial charge in [0.15, 0.2) is 36.0 Å². The number of pyridine rings is 8. The van der Waals surface area contributed by atoms with Crippen molar-refractivity contribution in [3.63, 3.8) is 0 Å². The van der Waals surface area contributed by atoms with Crippen LogP contribution in [0.4, 0.5) is 8.78 Å². The van der Waals surface area contributed by atoms with E-state index in [9.17, 15) is 4.39 Å². The average Bonchev–Trinajstić information content (AvgIpc) is 1.20. The fraction of sp³-hybridized carbons (Fsp3) is 0.224. The number of hydrogen-bond donors (Lipinski definition) is 0. The summed E-state index contributed by atoms with van der Waals surface area (Å²) in [6, 6.07) is 66.4. The van der Waals surface area contributed by atoms with E-state index in [0.29, 0.717) is 22.6 Å². The summed E-state index contributed by atoms with van der Waals surface area (Å²) in [5.41, 5.74) is 25.7. The fourth-order valence-corrected chi connectivity index (χ4v) is 14.3. The van der Waals surface area contributed by atoms with E-state index < -0.39 is 61.0 Å². The minimum Gasteiger partial charge on any atom is -0.437 e. The minimum atomic E-state index is -2.92. The molecule has 16 rings (SSSR count). The van der Waals surface area contributed by atoms with Gasteiger partial charge in [0.1, 0.15) is 39.8 Å². The van der Waals surface area contributed by atoms with Gasteiger partial charge < -0.3 is 8.83 Å². The Kier molecular flexibility index (Phi) is 18.3. The van der Waals surface area contributed by atoms with Crippen LogP contribution in [0.25, 0.3) is 134 Å². The maximum atomic E-state index is 15.9. The number of furan rings is 2. The molecule has 6 aromatic carbocycles. The highest BCUT2D eigenvalue weighted by molar-refractivity contribution is 6.10. The van der Waals surface area contributed by atoms with Gasteiger partial charge in [-0.15, -0.1) is 0 Å². The molecular weight excluding hydrogens is 1360 g/mol. The lowest BCUT2D eigenvalue weighted by atomic mass is 9.90. The van der Waals surface area contributed by atoms with Crippen molar-refractivity contribution in [3.05, 3.63) is 310 Å². The van der Waals surface area contributed by atoms with E-state index in [0.717, 1.165) is 120 Å². The Bertz CT molecular complexity index is 6650. The Hall–Kier alpha value is -12.0. The van der Waals surface area contributed by atoms with E-state index in [-0.39, 0.29) is 17.5 Å². The largest absolute Gasteiger partial charge is 0.437 e. The molecule has 10 aromatic heterocycles. The number of nitrogens with zero attached hydrogens (tertiary/aromatic N) is 8. The van der Waals surface area contributed by atoms with Gasteiger partial charge in [0.05, 0.1) is 33.6 Å². The highest BCUT2D eigenvalue weighted by Gasteiger charge is 2.26. The summed E-state index contributed by atoms with van der Waals surface area (Å²) in [5, 5.41) is 3.79. The van der Waals surface area contributed by atoms with E-state index in [1.807, 2.05) is 149 Å². The molecule has 10 heterocycles. The van der Waals surface area contributed by atoms with Crippen LogP contribution >= 0.6 is 0 Å². The van der Waals surface area contributed by atoms with Gasteiger partial charge in [-0.2, -0.15) is 0 Å². The molecule has 0 N–H and O–H groups in total. The molecule has 0 aliphatic carbocycles. The Balaban J connectivity index is 0.000000147. The lowest BCUT2D eigenvalue weighted by Crippen LogP contribution is -2.31. The molecule has 110 heavy (non-hydrogen) atoms. The molecule has 10 nitrogen and oxygen atoms in total. The second kappa shape index (κ2) is 32.4. The van der Waals surface area contributed by atoms with Crippen LogP contribution in [0.15, 0.2) is 246 Å². The monoisotopic (exact) mass is 1470 g/mol. The first-order valence-corrected chi connectivity index (χ1v) is 36.6. The second-order valence-electron chi connectivity index (χ2n) is 28.6. The van der Waals surface area contributed by atoms with Gasteiger partial charge in [0, 0.05) is 108 Å². The summed E-state index contributed by atoms with van der Waals surface area (Å²) >= 11 is 0. The predicted octanol–water partition coefficient (Wildman–Crippen LogP) is 23.0. The van der Waals surface area contributed by atoms with Gasteiger partial charge >= 0.3 is 0 Å². The van der Waals surface area contributed by atoms with Crippen LogP contribution in [0.5, 0.6) is 0 Å². The molecule has 0 spiro atoms. The van der Waals surface area contributed by atoms with Crippen molar-refractivity contribution in [3.8, 4) is 89.8 Å². The van der Waals surface area contributed by atoms with Crippen LogP contribution < -0.4 is 18.3 Å². The fourth-order valence-electron chi connectivity index (χ4n) is 14.3. The minimum absolute atomic E-state index is 0.212. The van der Waals surface area contributed by atoms with Gasteiger partial charge in [-0.05, 0) is 238 Å². The predicted molar refractivity (Wildman–Crippen MR) is 444 cm³/mol. The lowest BCUT2D eigenvalue weighted by molar-refractivity contribution is -0.660. The number of benzene rings is 6. The van der Waals surface area contributed by atoms with Gasteiger partial charge in [0.25, 0.3) is 0 Å². The van der Waals surface area contributed by atoms with Crippen molar-refractivity contribution in [2.24, 2.45) is 34.1 Å². The Morgan fingerprint density at radius 3 is 1.40 bits per heavy atom. The van der Waals surface area contributed by atoms with Crippen LogP contribution in [0, 0.1) is 72.9 Å². The molecule has 0 aliphatic rings. The molecule has 0 amide bonds. The number of hydrogen-bond acceptors (Lipinski definition) is 6. The van der Waals surface area contributed by atoms with E-state index in [4.69, 9.17) is 25.3 Å². The molecule has 0 bridgehead atoms. The molecule has 0 saturated heterocycles. The normalized spacial score (nSPS) is 14.9. The van der Waals surface area contributed by atoms with Gasteiger partial charge in [-0.25, -0.2) is 37.0 Å². The first-order valence-electron chi connectivity index (χ1n) is 42.6. The highest BCUT2D eigenvalue weighted by atomic mass is 19.1. The quantitative estimate of drug-likeness (QED) is 0.113. The maximum Gasteiger partial charge on any atom is 0.227 e. The van der Waals surface area contributed by atoms with Gasteiger partial charge in [-0.1, -0.05) is 120 Å². The molecule has 3 atom stereocenters. The zero-order valence-electron chi connectivity index (χ0n) is 76.9. The molecule has 552 valence electrons. The van der Waals surface area contributed by atoms with Crippen molar-refractivity contribution in [1.29, 1.82) is 0 Å². The van der Waals surface area contributed by atoms with Crippen molar-refractivity contribution in [2.75, 3.05) is 0 Å². The number of aryl methyl sites for hydroxylation is 12. The molecule has 3 unspecified atom stereocenters. The SMILES string of the molecule is Cc1cc(-c2ccccc2C)[n+](C)cc1-c1ccccn1.Cc1cccc(-c2ccc(-c3ccccc3C)[n+](C)c2)n1.[2H]C([2H])([2H])C([2H])(C)Cc1cc(-c2ccc(-c3c(C)ccc4c3oc3nc(C)ccc34)[n+](C)c2)ccc1F.[2H]C([2H])([2H])C([2H])(C)c1cc(-c2ccc(-c3c(C)ccc4c3oc3nc(C)ccc34)[n+](C)c2)cc(C([2H])(C)C([2H])([2H])[2H])c1F. The molecule has 12 heteroatoms. The summed E-state index contributed by atoms with van der Waals surface area (Å²) in [6.45, 7) is 11.4. The standard InChI is InChI=1S/C31H32FN2O.C29H28FN2O.2C19H19N2/c1-17(2)25-14-22(15-26(18(3)4)29(25)32)21-10-13-27(34(7)16-21)28-19(5)8-11-23-24-12-9-20(6)33-31(24)35-30(23)28;1-17(2)14-22-15-20(8-12-25(22)30)21-9-13-26(32(5)16-21)27-18(3)6-10-23-24-11-7-19(4)31-29(24)33-28(23)27;1-14-8-4-5-9-16(14)19-12-15(2)17(13-21(19)3)18-10-6-7-11-20-18;1-14-7-4-5-9-17(14)19-12-11-16(13-21(19)3)18-10-6-8-15(2)20-18/h8-18H,1-7H3;6-13,15-17H,14H2,1-5H3;2*4-13H,1-3H3/q4*+1/i1D3,3D3,17D,18D;1D3,17D;;. The van der Waals surface area contributed by atoms with Crippen molar-refractivity contribution >= 4 is 44.1 Å². The number of fused-ring (bicyclic) bond motifs is 6. The van der Waals surface area contributed by atoms with Crippen LogP contribution in [0.3, 0.4) is 0 Å². The molecule has 0 fully saturated rings. The van der Waals surface area contributed by atoms with E-state index in [1.54, 1.807) is 24.4 Å². The van der Waals surface area contributed by atoms with E-state index >= 15 is 4.39 Å². The van der Waals surface area contributed by atoms with Gasteiger partial charge in [0.2, 0.25) is 34.2 Å². The third-order valence-electron chi connectivity index (χ3n) is 20.1. The van der Waals surface area contributed by atoms with Crippen LogP contribution in [-0.2, 0) is 34.6 Å². The highest BCUT2D eigenvalue weighted by Crippen LogP contribution is 2.40. The Morgan fingerprint density at radius 1 is 0.391 bits per heavy atom. The van der Waals surface area contributed by atoms with Crippen molar-refractivity contribution in [2.45, 2.75) is 115 Å². The first kappa shape index (κ1) is 61.9. The topological polar surface area (TPSA) is 93.4 Å². The zero-order chi connectivity index (χ0) is 88.2. The Labute approximate surface area is 662 Å². The molecule has 16 aromatic rings. The van der Waals surface area contributed by atoms with Gasteiger partial charge in [-0.3, -0.25) is 9.97 Å². The van der Waals surface area contributed by atoms with Crippen LogP contribution in [-0.4, -0.2) is 19.9 Å². The van der Waals surface area contributed by atoms with Crippen molar-refractivity contribution in [1.82, 2.24) is 19.9 Å². The molecule has 0 saturated carbocycles. The van der Waals surface area contributed by atoms with Crippen LogP contribution in [0.1, 0.15) is 131 Å². The number of rotatable bonds is 12. The lowest BCUT2D eigenvalue weighted by Gasteiger charge is -2.16. The molecule has 0 radical (unpaired) electrons. The third-order valence-corrected chi connectivity index (χ3v) is 20.1. The molecular formula is C98H98F2N8O2+4. The van der Waals surface area contributed by atoms with Crippen LogP contribution in [0.2, 0.25) is 0 Å². The average molecular weight is 1470 g/mol. The zero-order valence-corrected chi connectivity index (χ0v) is 64.9. The Morgan fingerprint density at radius 2 is 0.873 bits per heavy atom. The summed E-state index contributed by atoms with van der Waals surface area (Å²) < 4.78 is 147. The van der Waals surface area contributed by atoms with E-state index in [1.165, 1.54) is 69.9 Å². The number of aromatic nitrogens is 8. The maximum absolute atomic E-state index is 15.9. The first-order chi connectivity index (χ1) is 57.4. The summed E-state index contributed by atoms with van der Waals surface area (Å²) in [5.74, 6) is -8.30. The summed E-state index contributed by atoms with van der Waals surface area (Å²) in [4.78, 5) is 18.1.